The van der Waals surface area contributed by atoms with Crippen LogP contribution in [0, 0.1) is 0 Å². The van der Waals surface area contributed by atoms with Crippen molar-refractivity contribution < 1.29 is 14.6 Å². The Hall–Kier alpha value is -3.07. The van der Waals surface area contributed by atoms with Gasteiger partial charge in [-0.3, -0.25) is 0 Å². The van der Waals surface area contributed by atoms with E-state index < -0.39 is 5.60 Å². The standard InChI is InChI=1S/C16H14O.C8H14O2/c17-16(13-15-9-5-2-6-10-15)12-11-14-7-3-1-4-8-14;1-6(2)7(9)10-8(3,4)5/h1-13,17H;1H2,2-5H3. The number of carbonyl (C=O) groups is 1. The van der Waals surface area contributed by atoms with Gasteiger partial charge in [0.2, 0.25) is 0 Å². The molecular formula is C24H28O3. The summed E-state index contributed by atoms with van der Waals surface area (Å²) in [6, 6.07) is 19.6. The summed E-state index contributed by atoms with van der Waals surface area (Å²) in [7, 11) is 0. The van der Waals surface area contributed by atoms with Crippen LogP contribution in [0.25, 0.3) is 12.2 Å². The lowest BCUT2D eigenvalue weighted by molar-refractivity contribution is -0.149. The van der Waals surface area contributed by atoms with E-state index >= 15 is 0 Å². The first-order valence-electron chi connectivity index (χ1n) is 8.75. The van der Waals surface area contributed by atoms with Crippen LogP contribution in [0.15, 0.2) is 84.7 Å². The first-order valence-corrected chi connectivity index (χ1v) is 8.75. The number of esters is 1. The van der Waals surface area contributed by atoms with Crippen LogP contribution in [-0.2, 0) is 9.53 Å². The maximum absolute atomic E-state index is 10.8. The van der Waals surface area contributed by atoms with Crippen LogP contribution < -0.4 is 0 Å². The first kappa shape index (κ1) is 22.0. The molecule has 1 N–H and O–H groups in total. The normalized spacial score (nSPS) is 11.5. The van der Waals surface area contributed by atoms with Crippen molar-refractivity contribution in [2.75, 3.05) is 0 Å². The van der Waals surface area contributed by atoms with Gasteiger partial charge in [0.15, 0.2) is 0 Å². The lowest BCUT2D eigenvalue weighted by Crippen LogP contribution is -2.23. The number of aliphatic hydroxyl groups is 1. The van der Waals surface area contributed by atoms with Crippen LogP contribution in [0.4, 0.5) is 0 Å². The van der Waals surface area contributed by atoms with Crippen LogP contribution in [-0.4, -0.2) is 16.7 Å². The molecular weight excluding hydrogens is 336 g/mol. The fraction of sp³-hybridized carbons (Fsp3) is 0.208. The molecule has 0 aliphatic carbocycles. The lowest BCUT2D eigenvalue weighted by atomic mass is 10.1. The first-order chi connectivity index (χ1) is 12.7. The summed E-state index contributed by atoms with van der Waals surface area (Å²) in [6.07, 6.45) is 5.32. The number of rotatable bonds is 4. The van der Waals surface area contributed by atoms with Crippen molar-refractivity contribution in [3.05, 3.63) is 95.8 Å². The number of benzene rings is 2. The molecule has 0 saturated heterocycles. The van der Waals surface area contributed by atoms with Gasteiger partial charge in [-0.25, -0.2) is 4.79 Å². The highest BCUT2D eigenvalue weighted by molar-refractivity contribution is 5.87. The van der Waals surface area contributed by atoms with E-state index in [1.807, 2.05) is 87.5 Å². The zero-order valence-corrected chi connectivity index (χ0v) is 16.5. The third-order valence-electron chi connectivity index (χ3n) is 3.11. The fourth-order valence-corrected chi connectivity index (χ4v) is 1.88. The number of carbonyl (C=O) groups excluding carboxylic acids is 1. The number of aliphatic hydroxyl groups excluding tert-OH is 1. The Balaban J connectivity index is 0.000000314. The topological polar surface area (TPSA) is 46.5 Å². The third kappa shape index (κ3) is 10.5. The van der Waals surface area contributed by atoms with Gasteiger partial charge >= 0.3 is 5.97 Å². The Morgan fingerprint density at radius 3 is 1.85 bits per heavy atom. The average Bonchev–Trinajstić information content (AvgIpc) is 2.61. The monoisotopic (exact) mass is 364 g/mol. The van der Waals surface area contributed by atoms with Crippen molar-refractivity contribution >= 4 is 18.1 Å². The maximum Gasteiger partial charge on any atom is 0.333 e. The summed E-state index contributed by atoms with van der Waals surface area (Å²) in [5.41, 5.74) is 2.09. The fourth-order valence-electron chi connectivity index (χ4n) is 1.88. The molecule has 0 amide bonds. The third-order valence-corrected chi connectivity index (χ3v) is 3.11. The van der Waals surface area contributed by atoms with Gasteiger partial charge in [0.05, 0.1) is 0 Å². The van der Waals surface area contributed by atoms with Gasteiger partial charge in [0.1, 0.15) is 11.4 Å². The molecule has 142 valence electrons. The Morgan fingerprint density at radius 2 is 1.44 bits per heavy atom. The van der Waals surface area contributed by atoms with Crippen molar-refractivity contribution in [3.8, 4) is 0 Å². The predicted molar refractivity (Wildman–Crippen MR) is 113 cm³/mol. The SMILES string of the molecule is C=C(C)C(=O)OC(C)(C)C.OC(C=Cc1ccccc1)=Cc1ccccc1. The van der Waals surface area contributed by atoms with Crippen LogP contribution >= 0.6 is 0 Å². The average molecular weight is 364 g/mol. The van der Waals surface area contributed by atoms with Gasteiger partial charge in [-0.15, -0.1) is 0 Å². The molecule has 0 aliphatic heterocycles. The Kier molecular flexibility index (Phi) is 8.80. The Morgan fingerprint density at radius 1 is 0.963 bits per heavy atom. The highest BCUT2D eigenvalue weighted by atomic mass is 16.6. The minimum absolute atomic E-state index is 0.250. The lowest BCUT2D eigenvalue weighted by Gasteiger charge is -2.19. The summed E-state index contributed by atoms with van der Waals surface area (Å²) in [4.78, 5) is 10.8. The molecule has 27 heavy (non-hydrogen) atoms. The molecule has 2 aromatic rings. The summed E-state index contributed by atoms with van der Waals surface area (Å²) in [6.45, 7) is 10.6. The molecule has 0 bridgehead atoms. The van der Waals surface area contributed by atoms with Gasteiger partial charge < -0.3 is 9.84 Å². The molecule has 2 rings (SSSR count). The number of allylic oxidation sites excluding steroid dienone is 1. The van der Waals surface area contributed by atoms with E-state index in [9.17, 15) is 9.90 Å². The maximum atomic E-state index is 10.8. The Bertz CT molecular complexity index is 779. The van der Waals surface area contributed by atoms with Crippen molar-refractivity contribution in [1.82, 2.24) is 0 Å². The molecule has 0 saturated carbocycles. The highest BCUT2D eigenvalue weighted by Gasteiger charge is 2.15. The van der Waals surface area contributed by atoms with Crippen molar-refractivity contribution in [1.29, 1.82) is 0 Å². The molecule has 0 heterocycles. The second-order valence-electron chi connectivity index (χ2n) is 7.01. The summed E-state index contributed by atoms with van der Waals surface area (Å²) in [5, 5.41) is 9.74. The molecule has 0 fully saturated rings. The summed E-state index contributed by atoms with van der Waals surface area (Å²) < 4.78 is 4.96. The van der Waals surface area contributed by atoms with Crippen LogP contribution in [0.2, 0.25) is 0 Å². The van der Waals surface area contributed by atoms with E-state index in [1.54, 1.807) is 19.1 Å². The van der Waals surface area contributed by atoms with Gasteiger partial charge in [-0.05, 0) is 51.0 Å². The molecule has 0 spiro atoms. The van der Waals surface area contributed by atoms with E-state index in [2.05, 4.69) is 6.58 Å². The quantitative estimate of drug-likeness (QED) is 0.304. The van der Waals surface area contributed by atoms with Crippen molar-refractivity contribution in [3.63, 3.8) is 0 Å². The second kappa shape index (κ2) is 10.8. The second-order valence-corrected chi connectivity index (χ2v) is 7.01. The molecule has 2 aromatic carbocycles. The molecule has 0 unspecified atom stereocenters. The molecule has 3 heteroatoms. The molecule has 3 nitrogen and oxygen atoms in total. The summed E-state index contributed by atoms with van der Waals surface area (Å²) in [5.74, 6) is -0.0763. The molecule has 0 atom stereocenters. The minimum Gasteiger partial charge on any atom is -0.508 e. The number of ether oxygens (including phenoxy) is 1. The van der Waals surface area contributed by atoms with Gasteiger partial charge in [-0.2, -0.15) is 0 Å². The largest absolute Gasteiger partial charge is 0.508 e. The van der Waals surface area contributed by atoms with E-state index in [0.29, 0.717) is 5.57 Å². The number of hydrogen-bond donors (Lipinski definition) is 1. The molecule has 0 aromatic heterocycles. The minimum atomic E-state index is -0.407. The van der Waals surface area contributed by atoms with Crippen LogP contribution in [0.3, 0.4) is 0 Å². The Labute approximate surface area is 162 Å². The van der Waals surface area contributed by atoms with Crippen LogP contribution in [0.5, 0.6) is 0 Å². The van der Waals surface area contributed by atoms with E-state index in [0.717, 1.165) is 11.1 Å². The number of hydrogen-bond acceptors (Lipinski definition) is 3. The van der Waals surface area contributed by atoms with E-state index in [4.69, 9.17) is 4.74 Å². The predicted octanol–water partition coefficient (Wildman–Crippen LogP) is 6.20. The van der Waals surface area contributed by atoms with Gasteiger partial charge in [-0.1, -0.05) is 73.3 Å². The zero-order chi connectivity index (χ0) is 20.3. The van der Waals surface area contributed by atoms with Gasteiger partial charge in [0.25, 0.3) is 0 Å². The van der Waals surface area contributed by atoms with E-state index in [-0.39, 0.29) is 11.7 Å². The smallest absolute Gasteiger partial charge is 0.333 e. The zero-order valence-electron chi connectivity index (χ0n) is 16.5. The molecule has 0 radical (unpaired) electrons. The van der Waals surface area contributed by atoms with Gasteiger partial charge in [0, 0.05) is 5.57 Å². The van der Waals surface area contributed by atoms with E-state index in [1.165, 1.54) is 0 Å². The van der Waals surface area contributed by atoms with Crippen LogP contribution in [0.1, 0.15) is 38.8 Å². The highest BCUT2D eigenvalue weighted by Crippen LogP contribution is 2.09. The molecule has 0 aliphatic rings. The van der Waals surface area contributed by atoms with Crippen molar-refractivity contribution in [2.24, 2.45) is 0 Å². The summed E-state index contributed by atoms with van der Waals surface area (Å²) >= 11 is 0. The van der Waals surface area contributed by atoms with Crippen molar-refractivity contribution in [2.45, 2.75) is 33.3 Å².